The number of halogens is 3. The highest BCUT2D eigenvalue weighted by atomic mass is 19.4. The standard InChI is InChI=1S/C16H17F3N2O2/c1-11-9-13-14(21(11)5-6-23-8-7-22-2)4-3-12(10-20)15(13)16(17,18)19/h3-4,9H,5-8H2,1-2H3. The van der Waals surface area contributed by atoms with Crippen molar-refractivity contribution in [3.8, 4) is 6.07 Å². The van der Waals surface area contributed by atoms with Crippen LogP contribution in [-0.2, 0) is 22.2 Å². The van der Waals surface area contributed by atoms with E-state index in [1.807, 2.05) is 0 Å². The lowest BCUT2D eigenvalue weighted by Crippen LogP contribution is -2.11. The molecule has 2 rings (SSSR count). The van der Waals surface area contributed by atoms with Crippen LogP contribution < -0.4 is 0 Å². The third-order valence-electron chi connectivity index (χ3n) is 3.59. The number of hydrogen-bond donors (Lipinski definition) is 0. The highest BCUT2D eigenvalue weighted by molar-refractivity contribution is 5.87. The first kappa shape index (κ1) is 17.3. The normalized spacial score (nSPS) is 11.8. The Kier molecular flexibility index (Phi) is 5.29. The Morgan fingerprint density at radius 3 is 2.57 bits per heavy atom. The fourth-order valence-electron chi connectivity index (χ4n) is 2.56. The Bertz CT molecular complexity index is 729. The van der Waals surface area contributed by atoms with Gasteiger partial charge in [0.15, 0.2) is 0 Å². The number of benzene rings is 1. The van der Waals surface area contributed by atoms with Gasteiger partial charge in [0.25, 0.3) is 0 Å². The fraction of sp³-hybridized carbons (Fsp3) is 0.438. The van der Waals surface area contributed by atoms with Crippen molar-refractivity contribution in [2.45, 2.75) is 19.6 Å². The van der Waals surface area contributed by atoms with Gasteiger partial charge in [-0.2, -0.15) is 18.4 Å². The van der Waals surface area contributed by atoms with Gasteiger partial charge in [-0.05, 0) is 25.1 Å². The van der Waals surface area contributed by atoms with Crippen LogP contribution in [0, 0.1) is 18.3 Å². The van der Waals surface area contributed by atoms with Gasteiger partial charge in [0.05, 0.1) is 37.0 Å². The van der Waals surface area contributed by atoms with Crippen LogP contribution >= 0.6 is 0 Å². The molecule has 23 heavy (non-hydrogen) atoms. The van der Waals surface area contributed by atoms with Crippen LogP contribution in [0.15, 0.2) is 18.2 Å². The first-order valence-corrected chi connectivity index (χ1v) is 7.07. The van der Waals surface area contributed by atoms with Gasteiger partial charge in [-0.1, -0.05) is 0 Å². The Morgan fingerprint density at radius 1 is 1.22 bits per heavy atom. The molecule has 0 bridgehead atoms. The molecular formula is C16H17F3N2O2. The van der Waals surface area contributed by atoms with E-state index in [0.717, 1.165) is 0 Å². The number of aromatic nitrogens is 1. The number of rotatable bonds is 6. The van der Waals surface area contributed by atoms with Crippen molar-refractivity contribution in [1.29, 1.82) is 5.26 Å². The van der Waals surface area contributed by atoms with E-state index in [1.165, 1.54) is 12.1 Å². The molecular weight excluding hydrogens is 309 g/mol. The molecule has 1 heterocycles. The molecule has 124 valence electrons. The minimum absolute atomic E-state index is 0.0472. The van der Waals surface area contributed by atoms with Crippen molar-refractivity contribution in [3.63, 3.8) is 0 Å². The third-order valence-corrected chi connectivity index (χ3v) is 3.59. The summed E-state index contributed by atoms with van der Waals surface area (Å²) in [6.45, 7) is 3.44. The molecule has 4 nitrogen and oxygen atoms in total. The number of alkyl halides is 3. The summed E-state index contributed by atoms with van der Waals surface area (Å²) in [6.07, 6.45) is -4.57. The zero-order chi connectivity index (χ0) is 17.0. The van der Waals surface area contributed by atoms with Gasteiger partial charge in [-0.15, -0.1) is 0 Å². The first-order valence-electron chi connectivity index (χ1n) is 7.07. The molecule has 0 aliphatic heterocycles. The van der Waals surface area contributed by atoms with Crippen LogP contribution in [0.3, 0.4) is 0 Å². The molecule has 0 unspecified atom stereocenters. The molecule has 0 amide bonds. The van der Waals surface area contributed by atoms with Crippen LogP contribution in [0.25, 0.3) is 10.9 Å². The Morgan fingerprint density at radius 2 is 1.96 bits per heavy atom. The second-order valence-corrected chi connectivity index (χ2v) is 5.07. The fourth-order valence-corrected chi connectivity index (χ4v) is 2.56. The van der Waals surface area contributed by atoms with E-state index in [1.54, 1.807) is 30.7 Å². The van der Waals surface area contributed by atoms with Gasteiger partial charge in [-0.3, -0.25) is 0 Å². The van der Waals surface area contributed by atoms with E-state index in [-0.39, 0.29) is 10.9 Å². The van der Waals surface area contributed by atoms with Crippen LogP contribution in [0.1, 0.15) is 16.8 Å². The van der Waals surface area contributed by atoms with E-state index in [0.29, 0.717) is 37.6 Å². The molecule has 0 atom stereocenters. The molecule has 0 saturated heterocycles. The third kappa shape index (κ3) is 3.66. The molecule has 7 heteroatoms. The van der Waals surface area contributed by atoms with Gasteiger partial charge in [-0.25, -0.2) is 0 Å². The summed E-state index contributed by atoms with van der Waals surface area (Å²) in [5, 5.41) is 9.00. The molecule has 0 fully saturated rings. The summed E-state index contributed by atoms with van der Waals surface area (Å²) in [5.74, 6) is 0. The van der Waals surface area contributed by atoms with E-state index in [2.05, 4.69) is 0 Å². The largest absolute Gasteiger partial charge is 0.418 e. The van der Waals surface area contributed by atoms with Gasteiger partial charge in [0.2, 0.25) is 0 Å². The maximum Gasteiger partial charge on any atom is 0.418 e. The van der Waals surface area contributed by atoms with Gasteiger partial charge < -0.3 is 14.0 Å². The van der Waals surface area contributed by atoms with Crippen LogP contribution in [-0.4, -0.2) is 31.5 Å². The van der Waals surface area contributed by atoms with E-state index < -0.39 is 11.7 Å². The number of ether oxygens (including phenoxy) is 2. The predicted octanol–water partition coefficient (Wildman–Crippen LogP) is 3.50. The van der Waals surface area contributed by atoms with Gasteiger partial charge >= 0.3 is 6.18 Å². The molecule has 1 aromatic heterocycles. The van der Waals surface area contributed by atoms with E-state index >= 15 is 0 Å². The smallest absolute Gasteiger partial charge is 0.382 e. The molecule has 0 aliphatic rings. The topological polar surface area (TPSA) is 47.2 Å². The zero-order valence-corrected chi connectivity index (χ0v) is 12.9. The Hall–Kier alpha value is -2.04. The number of hydrogen-bond acceptors (Lipinski definition) is 3. The summed E-state index contributed by atoms with van der Waals surface area (Å²) in [4.78, 5) is 0. The second-order valence-electron chi connectivity index (χ2n) is 5.07. The van der Waals surface area contributed by atoms with Crippen molar-refractivity contribution >= 4 is 10.9 Å². The van der Waals surface area contributed by atoms with E-state index in [4.69, 9.17) is 14.7 Å². The Balaban J connectivity index is 2.38. The number of nitrogens with zero attached hydrogens (tertiary/aromatic N) is 2. The second kappa shape index (κ2) is 7.02. The molecule has 1 aromatic carbocycles. The molecule has 0 N–H and O–H groups in total. The average Bonchev–Trinajstić information content (AvgIpc) is 2.80. The highest BCUT2D eigenvalue weighted by Gasteiger charge is 2.36. The van der Waals surface area contributed by atoms with Crippen molar-refractivity contribution in [3.05, 3.63) is 35.0 Å². The SMILES string of the molecule is COCCOCCn1c(C)cc2c(C(F)(F)F)c(C#N)ccc21. The number of methoxy groups -OCH3 is 1. The van der Waals surface area contributed by atoms with Crippen LogP contribution in [0.5, 0.6) is 0 Å². The summed E-state index contributed by atoms with van der Waals surface area (Å²) < 4.78 is 51.9. The number of nitriles is 1. The zero-order valence-electron chi connectivity index (χ0n) is 12.9. The summed E-state index contributed by atoms with van der Waals surface area (Å²) in [7, 11) is 1.57. The van der Waals surface area contributed by atoms with Gasteiger partial charge in [0.1, 0.15) is 0 Å². The maximum atomic E-state index is 13.3. The summed E-state index contributed by atoms with van der Waals surface area (Å²) in [6, 6.07) is 5.85. The van der Waals surface area contributed by atoms with Crippen molar-refractivity contribution < 1.29 is 22.6 Å². The molecule has 0 saturated carbocycles. The highest BCUT2D eigenvalue weighted by Crippen LogP contribution is 2.38. The number of aryl methyl sites for hydroxylation is 1. The monoisotopic (exact) mass is 326 g/mol. The van der Waals surface area contributed by atoms with Crippen LogP contribution in [0.2, 0.25) is 0 Å². The molecule has 2 aromatic rings. The predicted molar refractivity (Wildman–Crippen MR) is 79.1 cm³/mol. The maximum absolute atomic E-state index is 13.3. The average molecular weight is 326 g/mol. The quantitative estimate of drug-likeness (QED) is 0.763. The Labute approximate surface area is 132 Å². The molecule has 0 radical (unpaired) electrons. The van der Waals surface area contributed by atoms with Crippen molar-refractivity contribution in [2.75, 3.05) is 26.9 Å². The minimum Gasteiger partial charge on any atom is -0.382 e. The lowest BCUT2D eigenvalue weighted by atomic mass is 10.0. The van der Waals surface area contributed by atoms with Crippen molar-refractivity contribution in [2.24, 2.45) is 0 Å². The van der Waals surface area contributed by atoms with Crippen molar-refractivity contribution in [1.82, 2.24) is 4.57 Å². The molecule has 0 spiro atoms. The van der Waals surface area contributed by atoms with Gasteiger partial charge in [0, 0.05) is 30.3 Å². The first-order chi connectivity index (χ1) is 10.9. The lowest BCUT2D eigenvalue weighted by molar-refractivity contribution is -0.136. The molecule has 0 aliphatic carbocycles. The summed E-state index contributed by atoms with van der Waals surface area (Å²) in [5.41, 5.74) is -0.0988. The minimum atomic E-state index is -4.57. The summed E-state index contributed by atoms with van der Waals surface area (Å²) >= 11 is 0. The number of fused-ring (bicyclic) bond motifs is 1. The van der Waals surface area contributed by atoms with E-state index in [9.17, 15) is 13.2 Å². The van der Waals surface area contributed by atoms with Crippen LogP contribution in [0.4, 0.5) is 13.2 Å². The lowest BCUT2D eigenvalue weighted by Gasteiger charge is -2.12.